The zero-order valence-corrected chi connectivity index (χ0v) is 9.69. The van der Waals surface area contributed by atoms with E-state index in [1.807, 2.05) is 6.92 Å². The molecule has 0 aliphatic rings. The van der Waals surface area contributed by atoms with Crippen LogP contribution in [0.5, 0.6) is 0 Å². The molecule has 0 bridgehead atoms. The molecule has 1 aromatic heterocycles. The first-order chi connectivity index (χ1) is 8.10. The fraction of sp³-hybridized carbons (Fsp3) is 0.400. The fourth-order valence-corrected chi connectivity index (χ4v) is 1.26. The lowest BCUT2D eigenvalue weighted by molar-refractivity contribution is -0.385. The summed E-state index contributed by atoms with van der Waals surface area (Å²) >= 11 is 0. The van der Waals surface area contributed by atoms with Crippen molar-refractivity contribution in [2.24, 2.45) is 0 Å². The third kappa shape index (κ3) is 3.13. The Balaban J connectivity index is 3.05. The highest BCUT2D eigenvalue weighted by molar-refractivity contribution is 5.99. The number of nitrogens with zero attached hydrogens (tertiary/aromatic N) is 2. The van der Waals surface area contributed by atoms with Crippen molar-refractivity contribution in [1.29, 1.82) is 0 Å². The Morgan fingerprint density at radius 1 is 1.59 bits per heavy atom. The van der Waals surface area contributed by atoms with E-state index in [2.05, 4.69) is 15.6 Å². The summed E-state index contributed by atoms with van der Waals surface area (Å²) in [6.45, 7) is 2.44. The van der Waals surface area contributed by atoms with Crippen molar-refractivity contribution in [3.8, 4) is 0 Å². The van der Waals surface area contributed by atoms with E-state index in [0.29, 0.717) is 12.4 Å². The lowest BCUT2D eigenvalue weighted by atomic mass is 10.2. The maximum atomic E-state index is 11.7. The number of nitrogens with one attached hydrogen (secondary N) is 2. The number of nitro groups is 1. The van der Waals surface area contributed by atoms with E-state index in [0.717, 1.165) is 12.6 Å². The van der Waals surface area contributed by atoms with Crippen LogP contribution < -0.4 is 10.6 Å². The highest BCUT2D eigenvalue weighted by Crippen LogP contribution is 2.18. The predicted molar refractivity (Wildman–Crippen MR) is 63.1 cm³/mol. The van der Waals surface area contributed by atoms with Crippen LogP contribution in [0.4, 0.5) is 11.5 Å². The van der Waals surface area contributed by atoms with Gasteiger partial charge in [-0.25, -0.2) is 4.98 Å². The van der Waals surface area contributed by atoms with Gasteiger partial charge in [0.15, 0.2) is 0 Å². The van der Waals surface area contributed by atoms with Crippen LogP contribution in [0.3, 0.4) is 0 Å². The molecule has 0 saturated heterocycles. The predicted octanol–water partition coefficient (Wildman–Crippen LogP) is 1.17. The summed E-state index contributed by atoms with van der Waals surface area (Å²) in [7, 11) is 1.60. The topological polar surface area (TPSA) is 97.2 Å². The van der Waals surface area contributed by atoms with E-state index < -0.39 is 4.92 Å². The van der Waals surface area contributed by atoms with Crippen LogP contribution in [0.25, 0.3) is 0 Å². The van der Waals surface area contributed by atoms with Gasteiger partial charge in [-0.05, 0) is 6.42 Å². The SMILES string of the molecule is CCCNC(=O)c1cc([N+](=O)[O-])cnc1NC. The first-order valence-corrected chi connectivity index (χ1v) is 5.20. The third-order valence-corrected chi connectivity index (χ3v) is 2.10. The van der Waals surface area contributed by atoms with E-state index in [-0.39, 0.29) is 17.2 Å². The van der Waals surface area contributed by atoms with Gasteiger partial charge in [0.05, 0.1) is 10.5 Å². The molecule has 0 atom stereocenters. The molecule has 1 amide bonds. The Labute approximate surface area is 98.4 Å². The van der Waals surface area contributed by atoms with Gasteiger partial charge in [-0.1, -0.05) is 6.92 Å². The quantitative estimate of drug-likeness (QED) is 0.592. The Hall–Kier alpha value is -2.18. The van der Waals surface area contributed by atoms with Crippen LogP contribution in [0, 0.1) is 10.1 Å². The lowest BCUT2D eigenvalue weighted by Gasteiger charge is -2.07. The molecular weight excluding hydrogens is 224 g/mol. The van der Waals surface area contributed by atoms with Gasteiger partial charge in [0.2, 0.25) is 0 Å². The molecule has 2 N–H and O–H groups in total. The molecule has 7 nitrogen and oxygen atoms in total. The van der Waals surface area contributed by atoms with Crippen molar-refractivity contribution in [3.63, 3.8) is 0 Å². The van der Waals surface area contributed by atoms with Gasteiger partial charge < -0.3 is 10.6 Å². The van der Waals surface area contributed by atoms with Crippen LogP contribution in [0.1, 0.15) is 23.7 Å². The summed E-state index contributed by atoms with van der Waals surface area (Å²) in [5.74, 6) is -0.0448. The molecule has 1 rings (SSSR count). The lowest BCUT2D eigenvalue weighted by Crippen LogP contribution is -2.25. The molecule has 1 aromatic rings. The van der Waals surface area contributed by atoms with E-state index in [1.165, 1.54) is 6.07 Å². The van der Waals surface area contributed by atoms with Crippen molar-refractivity contribution in [2.75, 3.05) is 18.9 Å². The number of carbonyl (C=O) groups excluding carboxylic acids is 1. The van der Waals surface area contributed by atoms with Gasteiger partial charge >= 0.3 is 0 Å². The van der Waals surface area contributed by atoms with Gasteiger partial charge in [-0.2, -0.15) is 0 Å². The van der Waals surface area contributed by atoms with Crippen molar-refractivity contribution in [1.82, 2.24) is 10.3 Å². The Morgan fingerprint density at radius 3 is 2.82 bits per heavy atom. The van der Waals surface area contributed by atoms with Crippen molar-refractivity contribution < 1.29 is 9.72 Å². The zero-order chi connectivity index (χ0) is 12.8. The Morgan fingerprint density at radius 2 is 2.29 bits per heavy atom. The standard InChI is InChI=1S/C10H14N4O3/c1-3-4-12-10(15)8-5-7(14(16)17)6-13-9(8)11-2/h5-6H,3-4H2,1-2H3,(H,11,13)(H,12,15). The number of hydrogen-bond acceptors (Lipinski definition) is 5. The second-order valence-electron chi connectivity index (χ2n) is 3.35. The number of carbonyl (C=O) groups is 1. The average Bonchev–Trinajstić information content (AvgIpc) is 2.34. The van der Waals surface area contributed by atoms with Crippen molar-refractivity contribution in [3.05, 3.63) is 27.9 Å². The molecular formula is C10H14N4O3. The number of amides is 1. The van der Waals surface area contributed by atoms with E-state index in [9.17, 15) is 14.9 Å². The van der Waals surface area contributed by atoms with Crippen LogP contribution in [-0.4, -0.2) is 29.4 Å². The molecule has 0 radical (unpaired) electrons. The maximum absolute atomic E-state index is 11.7. The van der Waals surface area contributed by atoms with Crippen LogP contribution in [0.2, 0.25) is 0 Å². The first-order valence-electron chi connectivity index (χ1n) is 5.20. The first kappa shape index (κ1) is 12.9. The molecule has 92 valence electrons. The van der Waals surface area contributed by atoms with E-state index >= 15 is 0 Å². The molecule has 0 spiro atoms. The van der Waals surface area contributed by atoms with Gasteiger partial charge in [-0.15, -0.1) is 0 Å². The number of anilines is 1. The maximum Gasteiger partial charge on any atom is 0.288 e. The molecule has 7 heteroatoms. The fourth-order valence-electron chi connectivity index (χ4n) is 1.26. The second kappa shape index (κ2) is 5.78. The monoisotopic (exact) mass is 238 g/mol. The minimum atomic E-state index is -0.580. The second-order valence-corrected chi connectivity index (χ2v) is 3.35. The third-order valence-electron chi connectivity index (χ3n) is 2.10. The minimum absolute atomic E-state index is 0.176. The zero-order valence-electron chi connectivity index (χ0n) is 9.69. The summed E-state index contributed by atoms with van der Waals surface area (Å²) in [5, 5.41) is 16.0. The smallest absolute Gasteiger partial charge is 0.288 e. The number of aromatic nitrogens is 1. The molecule has 0 aromatic carbocycles. The molecule has 0 aliphatic heterocycles. The molecule has 17 heavy (non-hydrogen) atoms. The summed E-state index contributed by atoms with van der Waals surface area (Å²) in [6.07, 6.45) is 1.91. The number of hydrogen-bond donors (Lipinski definition) is 2. The molecule has 0 fully saturated rings. The van der Waals surface area contributed by atoms with Gasteiger partial charge in [0.25, 0.3) is 11.6 Å². The van der Waals surface area contributed by atoms with Gasteiger partial charge in [0.1, 0.15) is 12.0 Å². The molecule has 0 unspecified atom stereocenters. The molecule has 0 aliphatic carbocycles. The summed E-state index contributed by atoms with van der Waals surface area (Å²) in [5.41, 5.74) is -0.0270. The van der Waals surface area contributed by atoms with Crippen molar-refractivity contribution in [2.45, 2.75) is 13.3 Å². The molecule has 1 heterocycles. The molecule has 0 saturated carbocycles. The average molecular weight is 238 g/mol. The normalized spacial score (nSPS) is 9.76. The van der Waals surface area contributed by atoms with Gasteiger partial charge in [0, 0.05) is 19.7 Å². The highest BCUT2D eigenvalue weighted by Gasteiger charge is 2.16. The number of rotatable bonds is 5. The van der Waals surface area contributed by atoms with Crippen LogP contribution >= 0.6 is 0 Å². The highest BCUT2D eigenvalue weighted by atomic mass is 16.6. The van der Waals surface area contributed by atoms with E-state index in [4.69, 9.17) is 0 Å². The van der Waals surface area contributed by atoms with E-state index in [1.54, 1.807) is 7.05 Å². The largest absolute Gasteiger partial charge is 0.372 e. The Bertz CT molecular complexity index is 434. The van der Waals surface area contributed by atoms with Gasteiger partial charge in [-0.3, -0.25) is 14.9 Å². The van der Waals surface area contributed by atoms with Crippen LogP contribution in [0.15, 0.2) is 12.3 Å². The number of pyridine rings is 1. The summed E-state index contributed by atoms with van der Waals surface area (Å²) in [6, 6.07) is 1.21. The van der Waals surface area contributed by atoms with Crippen molar-refractivity contribution >= 4 is 17.4 Å². The van der Waals surface area contributed by atoms with Crippen LogP contribution in [-0.2, 0) is 0 Å². The Kier molecular flexibility index (Phi) is 4.38. The minimum Gasteiger partial charge on any atom is -0.372 e. The summed E-state index contributed by atoms with van der Waals surface area (Å²) in [4.78, 5) is 25.6. The summed E-state index contributed by atoms with van der Waals surface area (Å²) < 4.78 is 0.